The monoisotopic (exact) mass is 229 g/mol. The van der Waals surface area contributed by atoms with Crippen LogP contribution in [0.25, 0.3) is 0 Å². The van der Waals surface area contributed by atoms with Crippen LogP contribution in [0.2, 0.25) is 0 Å². The largest absolute Gasteiger partial charge is 0.489 e. The van der Waals surface area contributed by atoms with Gasteiger partial charge in [-0.05, 0) is 11.6 Å². The van der Waals surface area contributed by atoms with E-state index in [9.17, 15) is 0 Å². The lowest BCUT2D eigenvalue weighted by Gasteiger charge is -2.30. The van der Waals surface area contributed by atoms with Crippen molar-refractivity contribution in [2.45, 2.75) is 12.0 Å². The molecule has 0 saturated heterocycles. The summed E-state index contributed by atoms with van der Waals surface area (Å²) in [6.07, 6.45) is 0.693. The van der Waals surface area contributed by atoms with Crippen molar-refractivity contribution in [1.82, 2.24) is 0 Å². The third-order valence-electron chi connectivity index (χ3n) is 3.06. The molecule has 5 heteroatoms. The summed E-state index contributed by atoms with van der Waals surface area (Å²) in [6, 6.07) is 7.89. The zero-order valence-corrected chi connectivity index (χ0v) is 9.14. The Kier molecular flexibility index (Phi) is 1.99. The highest BCUT2D eigenvalue weighted by atomic mass is 16.5. The van der Waals surface area contributed by atoms with Gasteiger partial charge in [0.05, 0.1) is 5.56 Å². The van der Waals surface area contributed by atoms with E-state index in [1.807, 2.05) is 12.1 Å². The smallest absolute Gasteiger partial charge is 0.282 e. The Morgan fingerprint density at radius 2 is 2.18 bits per heavy atom. The molecule has 1 atom stereocenters. The molecule has 2 N–H and O–H groups in total. The average Bonchev–Trinajstić information content (AvgIpc) is 2.69. The lowest BCUT2D eigenvalue weighted by molar-refractivity contribution is 0.152. The molecule has 0 aliphatic carbocycles. The number of nitrogens with two attached hydrogens (primary N) is 1. The number of rotatable bonds is 0. The Morgan fingerprint density at radius 3 is 2.88 bits per heavy atom. The third kappa shape index (κ3) is 1.49. The molecule has 2 aliphatic rings. The fourth-order valence-corrected chi connectivity index (χ4v) is 2.27. The van der Waals surface area contributed by atoms with E-state index >= 15 is 0 Å². The Bertz CT molecular complexity index is 547. The number of amidine groups is 1. The second kappa shape index (κ2) is 3.39. The quantitative estimate of drug-likeness (QED) is 0.705. The Morgan fingerprint density at radius 1 is 1.35 bits per heavy atom. The zero-order valence-electron chi connectivity index (χ0n) is 9.14. The molecule has 0 aromatic heterocycles. The summed E-state index contributed by atoms with van der Waals surface area (Å²) in [6.45, 7) is 0.842. The van der Waals surface area contributed by atoms with E-state index in [2.05, 4.69) is 11.1 Å². The molecule has 0 bridgehead atoms. The second-order valence-electron chi connectivity index (χ2n) is 4.33. The Labute approximate surface area is 98.5 Å². The van der Waals surface area contributed by atoms with E-state index in [4.69, 9.17) is 20.5 Å². The van der Waals surface area contributed by atoms with Crippen LogP contribution in [0, 0.1) is 11.3 Å². The minimum absolute atomic E-state index is 0.216. The lowest BCUT2D eigenvalue weighted by atomic mass is 9.89. The molecule has 5 nitrogen and oxygen atoms in total. The molecule has 0 radical (unpaired) electrons. The first-order chi connectivity index (χ1) is 8.22. The van der Waals surface area contributed by atoms with Gasteiger partial charge in [0.25, 0.3) is 6.02 Å². The number of nitrogens with zero attached hydrogens (tertiary/aromatic N) is 2. The van der Waals surface area contributed by atoms with Crippen molar-refractivity contribution in [2.24, 2.45) is 10.7 Å². The van der Waals surface area contributed by atoms with Crippen molar-refractivity contribution in [3.8, 4) is 11.8 Å². The Hall–Kier alpha value is -2.22. The highest BCUT2D eigenvalue weighted by Crippen LogP contribution is 2.35. The first kappa shape index (κ1) is 9.97. The van der Waals surface area contributed by atoms with Gasteiger partial charge < -0.3 is 15.2 Å². The van der Waals surface area contributed by atoms with Crippen LogP contribution in [-0.2, 0) is 11.2 Å². The molecule has 17 heavy (non-hydrogen) atoms. The fraction of sp³-hybridized carbons (Fsp3) is 0.333. The number of hydrogen-bond donors (Lipinski definition) is 1. The summed E-state index contributed by atoms with van der Waals surface area (Å²) >= 11 is 0. The van der Waals surface area contributed by atoms with Crippen LogP contribution in [-0.4, -0.2) is 24.8 Å². The van der Waals surface area contributed by atoms with Crippen molar-refractivity contribution in [3.05, 3.63) is 29.3 Å². The van der Waals surface area contributed by atoms with E-state index in [1.165, 1.54) is 0 Å². The fourth-order valence-electron chi connectivity index (χ4n) is 2.27. The summed E-state index contributed by atoms with van der Waals surface area (Å²) in [5, 5.41) is 8.99. The van der Waals surface area contributed by atoms with E-state index in [0.29, 0.717) is 30.9 Å². The maximum atomic E-state index is 8.99. The maximum absolute atomic E-state index is 8.99. The number of ether oxygens (including phenoxy) is 2. The predicted molar refractivity (Wildman–Crippen MR) is 60.7 cm³/mol. The summed E-state index contributed by atoms with van der Waals surface area (Å²) in [4.78, 5) is 4.30. The summed E-state index contributed by atoms with van der Waals surface area (Å²) in [5.41, 5.74) is 6.67. The molecular formula is C12H11N3O2. The van der Waals surface area contributed by atoms with Gasteiger partial charge in [-0.2, -0.15) is 5.26 Å². The molecule has 0 fully saturated rings. The van der Waals surface area contributed by atoms with E-state index in [1.54, 1.807) is 6.07 Å². The normalized spacial score (nSPS) is 25.5. The minimum Gasteiger partial charge on any atom is -0.489 e. The van der Waals surface area contributed by atoms with Crippen LogP contribution in [0.1, 0.15) is 11.1 Å². The number of hydrogen-bond acceptors (Lipinski definition) is 5. The number of fused-ring (bicyclic) bond motifs is 1. The van der Waals surface area contributed by atoms with Gasteiger partial charge in [-0.25, -0.2) is 4.99 Å². The first-order valence-corrected chi connectivity index (χ1v) is 5.35. The summed E-state index contributed by atoms with van der Waals surface area (Å²) in [7, 11) is 0. The topological polar surface area (TPSA) is 80.6 Å². The number of benzene rings is 1. The summed E-state index contributed by atoms with van der Waals surface area (Å²) < 4.78 is 10.9. The van der Waals surface area contributed by atoms with Crippen LogP contribution >= 0.6 is 0 Å². The number of nitriles is 1. The van der Waals surface area contributed by atoms with Crippen LogP contribution < -0.4 is 10.5 Å². The zero-order chi connectivity index (χ0) is 11.9. The minimum atomic E-state index is -0.412. The average molecular weight is 229 g/mol. The van der Waals surface area contributed by atoms with Gasteiger partial charge in [0.1, 0.15) is 30.6 Å². The summed E-state index contributed by atoms with van der Waals surface area (Å²) in [5.74, 6) is 0.668. The van der Waals surface area contributed by atoms with Crippen molar-refractivity contribution >= 4 is 6.02 Å². The molecular weight excluding hydrogens is 218 g/mol. The standard InChI is InChI=1S/C12H11N3O2/c13-5-9-3-1-2-8-4-12(6-16-10(8)9)7-17-11(14)15-12/h1-3H,4,6-7H2,(H2,14,15). The van der Waals surface area contributed by atoms with Crippen molar-refractivity contribution in [2.75, 3.05) is 13.2 Å². The maximum Gasteiger partial charge on any atom is 0.282 e. The first-order valence-electron chi connectivity index (χ1n) is 5.35. The number of aliphatic imine (C=N–C) groups is 1. The predicted octanol–water partition coefficient (Wildman–Crippen LogP) is 0.577. The molecule has 1 aromatic carbocycles. The van der Waals surface area contributed by atoms with Gasteiger partial charge in [-0.1, -0.05) is 12.1 Å². The molecule has 2 aliphatic heterocycles. The van der Waals surface area contributed by atoms with Crippen molar-refractivity contribution in [1.29, 1.82) is 5.26 Å². The highest BCUT2D eigenvalue weighted by Gasteiger charge is 2.41. The van der Waals surface area contributed by atoms with Crippen LogP contribution in [0.4, 0.5) is 0 Å². The van der Waals surface area contributed by atoms with Crippen LogP contribution in [0.5, 0.6) is 5.75 Å². The van der Waals surface area contributed by atoms with Gasteiger partial charge in [-0.15, -0.1) is 0 Å². The van der Waals surface area contributed by atoms with E-state index in [0.717, 1.165) is 5.56 Å². The molecule has 1 spiro atoms. The molecule has 86 valence electrons. The molecule has 2 heterocycles. The van der Waals surface area contributed by atoms with Crippen LogP contribution in [0.15, 0.2) is 23.2 Å². The molecule has 0 saturated carbocycles. The van der Waals surface area contributed by atoms with Crippen molar-refractivity contribution < 1.29 is 9.47 Å². The Balaban J connectivity index is 2.00. The second-order valence-corrected chi connectivity index (χ2v) is 4.33. The van der Waals surface area contributed by atoms with Crippen molar-refractivity contribution in [3.63, 3.8) is 0 Å². The lowest BCUT2D eigenvalue weighted by Crippen LogP contribution is -2.41. The van der Waals surface area contributed by atoms with E-state index < -0.39 is 5.54 Å². The van der Waals surface area contributed by atoms with Crippen LogP contribution in [0.3, 0.4) is 0 Å². The van der Waals surface area contributed by atoms with Gasteiger partial charge in [0.2, 0.25) is 0 Å². The molecule has 3 rings (SSSR count). The van der Waals surface area contributed by atoms with Gasteiger partial charge in [-0.3, -0.25) is 0 Å². The molecule has 0 amide bonds. The number of para-hydroxylation sites is 1. The molecule has 1 aromatic rings. The molecule has 1 unspecified atom stereocenters. The van der Waals surface area contributed by atoms with E-state index in [-0.39, 0.29) is 6.02 Å². The highest BCUT2D eigenvalue weighted by molar-refractivity contribution is 5.74. The SMILES string of the molecule is N#Cc1cccc2c1OCC1(COC(N)=N1)C2. The van der Waals surface area contributed by atoms with Gasteiger partial charge in [0.15, 0.2) is 0 Å². The van der Waals surface area contributed by atoms with Gasteiger partial charge in [0, 0.05) is 6.42 Å². The van der Waals surface area contributed by atoms with Gasteiger partial charge >= 0.3 is 0 Å². The third-order valence-corrected chi connectivity index (χ3v) is 3.06.